The Morgan fingerprint density at radius 1 is 1.20 bits per heavy atom. The summed E-state index contributed by atoms with van der Waals surface area (Å²) in [6.07, 6.45) is 2.80. The molecule has 0 amide bonds. The minimum absolute atomic E-state index is 0.0747. The van der Waals surface area contributed by atoms with Crippen molar-refractivity contribution in [2.45, 2.75) is 26.3 Å². The number of anilines is 1. The smallest absolute Gasteiger partial charge is 0.332 e. The summed E-state index contributed by atoms with van der Waals surface area (Å²) in [4.78, 5) is 43.4. The summed E-state index contributed by atoms with van der Waals surface area (Å²) in [5.41, 5.74) is 1.38. The van der Waals surface area contributed by atoms with E-state index in [9.17, 15) is 19.5 Å². The van der Waals surface area contributed by atoms with E-state index in [0.29, 0.717) is 6.54 Å². The third-order valence-electron chi connectivity index (χ3n) is 4.78. The Morgan fingerprint density at radius 2 is 1.90 bits per heavy atom. The van der Waals surface area contributed by atoms with Gasteiger partial charge in [0.25, 0.3) is 11.1 Å². The number of aryl methyl sites for hydroxylation is 2. The van der Waals surface area contributed by atoms with E-state index in [-0.39, 0.29) is 33.3 Å². The number of imidazole rings is 1. The molecule has 3 heterocycles. The summed E-state index contributed by atoms with van der Waals surface area (Å²) >= 11 is 5.10. The van der Waals surface area contributed by atoms with Crippen molar-refractivity contribution in [3.8, 4) is 5.88 Å². The predicted octanol–water partition coefficient (Wildman–Crippen LogP) is 0.142. The Hall–Kier alpha value is -3.48. The van der Waals surface area contributed by atoms with E-state index in [4.69, 9.17) is 12.2 Å². The van der Waals surface area contributed by atoms with Crippen LogP contribution in [0.4, 0.5) is 5.95 Å². The molecule has 0 unspecified atom stereocenters. The van der Waals surface area contributed by atoms with E-state index in [1.54, 1.807) is 7.05 Å². The number of unbranched alkanes of at least 4 members (excludes halogenated alkanes) is 1. The molecule has 0 aliphatic heterocycles. The number of H-pyrrole nitrogens is 1. The maximum absolute atomic E-state index is 12.4. The van der Waals surface area contributed by atoms with Crippen molar-refractivity contribution in [1.82, 2.24) is 28.2 Å². The maximum Gasteiger partial charge on any atom is 0.332 e. The van der Waals surface area contributed by atoms with Crippen LogP contribution in [0.1, 0.15) is 25.3 Å². The molecule has 0 aromatic carbocycles. The zero-order valence-corrected chi connectivity index (χ0v) is 17.8. The lowest BCUT2D eigenvalue weighted by atomic mass is 10.3. The van der Waals surface area contributed by atoms with Crippen LogP contribution in [0.25, 0.3) is 11.2 Å². The summed E-state index contributed by atoms with van der Waals surface area (Å²) < 4.78 is 5.24. The molecule has 160 valence electrons. The van der Waals surface area contributed by atoms with Crippen LogP contribution < -0.4 is 22.2 Å². The minimum Gasteiger partial charge on any atom is -0.494 e. The van der Waals surface area contributed by atoms with Crippen molar-refractivity contribution >= 4 is 35.5 Å². The number of nitrogens with zero attached hydrogens (tertiary/aromatic N) is 6. The monoisotopic (exact) mass is 434 g/mol. The Bertz CT molecular complexity index is 1390. The largest absolute Gasteiger partial charge is 0.494 e. The third-order valence-corrected chi connectivity index (χ3v) is 5.10. The third kappa shape index (κ3) is 3.47. The second-order valence-corrected chi connectivity index (χ2v) is 7.13. The van der Waals surface area contributed by atoms with Crippen LogP contribution in [0.2, 0.25) is 0 Å². The molecule has 3 rings (SSSR count). The van der Waals surface area contributed by atoms with Crippen LogP contribution >= 0.6 is 12.2 Å². The second-order valence-electron chi connectivity index (χ2n) is 6.74. The zero-order chi connectivity index (χ0) is 22.2. The predicted molar refractivity (Wildman–Crippen MR) is 115 cm³/mol. The molecular weight excluding hydrogens is 412 g/mol. The number of fused-ring (bicyclic) bond motifs is 1. The fourth-order valence-electron chi connectivity index (χ4n) is 2.99. The van der Waals surface area contributed by atoms with E-state index < -0.39 is 16.8 Å². The van der Waals surface area contributed by atoms with Crippen LogP contribution in [-0.4, -0.2) is 39.6 Å². The molecule has 0 saturated carbocycles. The normalized spacial score (nSPS) is 11.6. The average molecular weight is 434 g/mol. The number of aromatic nitrogens is 6. The molecule has 0 radical (unpaired) electrons. The van der Waals surface area contributed by atoms with Gasteiger partial charge in [-0.05, 0) is 18.6 Å². The molecule has 3 aromatic rings. The second kappa shape index (κ2) is 8.10. The molecule has 0 spiro atoms. The first kappa shape index (κ1) is 21.2. The highest BCUT2D eigenvalue weighted by atomic mass is 32.1. The lowest BCUT2D eigenvalue weighted by molar-refractivity contribution is 0.398. The number of rotatable bonds is 6. The Balaban J connectivity index is 2.01. The number of aromatic amines is 1. The zero-order valence-electron chi connectivity index (χ0n) is 17.0. The summed E-state index contributed by atoms with van der Waals surface area (Å²) in [6.45, 7) is 2.45. The van der Waals surface area contributed by atoms with E-state index in [0.717, 1.165) is 23.6 Å². The minimum atomic E-state index is -0.586. The Kier molecular flexibility index (Phi) is 5.73. The summed E-state index contributed by atoms with van der Waals surface area (Å²) in [6, 6.07) is 0. The van der Waals surface area contributed by atoms with E-state index in [1.165, 1.54) is 27.8 Å². The number of hydrogen-bond donors (Lipinski definition) is 3. The highest BCUT2D eigenvalue weighted by molar-refractivity contribution is 7.71. The fraction of sp³-hybridized carbons (Fsp3) is 0.412. The highest BCUT2D eigenvalue weighted by Crippen LogP contribution is 2.15. The van der Waals surface area contributed by atoms with Gasteiger partial charge in [0.15, 0.2) is 15.9 Å². The van der Waals surface area contributed by atoms with Crippen LogP contribution in [0.5, 0.6) is 5.88 Å². The number of nitrogens with one attached hydrogen (secondary N) is 2. The number of hydrazone groups is 1. The van der Waals surface area contributed by atoms with Gasteiger partial charge >= 0.3 is 5.69 Å². The standard InChI is InChI=1S/C17H22N8O4S/c1-5-6-7-25-13(27)9(12(26)20-16(25)30)8-18-21-15-19-11-10(22(15)2)14(28)24(4)17(29)23(11)3/h8,27H,5-7H2,1-4H3,(H,19,21)(H,20,26,30)/b18-8+. The van der Waals surface area contributed by atoms with Crippen LogP contribution in [0, 0.1) is 4.77 Å². The molecule has 0 aliphatic rings. The molecule has 12 nitrogen and oxygen atoms in total. The molecule has 0 aliphatic carbocycles. The topological polar surface area (TPSA) is 144 Å². The van der Waals surface area contributed by atoms with Crippen molar-refractivity contribution < 1.29 is 5.11 Å². The van der Waals surface area contributed by atoms with Crippen molar-refractivity contribution in [1.29, 1.82) is 0 Å². The summed E-state index contributed by atoms with van der Waals surface area (Å²) in [7, 11) is 4.48. The maximum atomic E-state index is 12.4. The molecule has 13 heteroatoms. The molecule has 30 heavy (non-hydrogen) atoms. The average Bonchev–Trinajstić information content (AvgIpc) is 3.03. The van der Waals surface area contributed by atoms with Gasteiger partial charge in [-0.2, -0.15) is 10.1 Å². The van der Waals surface area contributed by atoms with Gasteiger partial charge < -0.3 is 9.67 Å². The molecule has 3 aromatic heterocycles. The first-order chi connectivity index (χ1) is 14.2. The first-order valence-electron chi connectivity index (χ1n) is 9.16. The number of hydrogen-bond acceptors (Lipinski definition) is 8. The van der Waals surface area contributed by atoms with Gasteiger partial charge in [0, 0.05) is 27.7 Å². The van der Waals surface area contributed by atoms with Crippen LogP contribution in [0.15, 0.2) is 19.5 Å². The SMILES string of the molecule is CCCCn1c(O)c(/C=N/Nc2nc3c(c(=O)n(C)c(=O)n3C)n2C)c(=O)[nH]c1=S. The highest BCUT2D eigenvalue weighted by Gasteiger charge is 2.17. The number of aromatic hydroxyl groups is 1. The quantitative estimate of drug-likeness (QED) is 0.284. The van der Waals surface area contributed by atoms with Crippen molar-refractivity contribution in [2.24, 2.45) is 26.2 Å². The van der Waals surface area contributed by atoms with Gasteiger partial charge in [0.05, 0.1) is 6.21 Å². The lowest BCUT2D eigenvalue weighted by Crippen LogP contribution is -2.37. The van der Waals surface area contributed by atoms with Gasteiger partial charge in [0.2, 0.25) is 11.8 Å². The molecule has 0 bridgehead atoms. The van der Waals surface area contributed by atoms with Crippen molar-refractivity contribution in [2.75, 3.05) is 5.43 Å². The first-order valence-corrected chi connectivity index (χ1v) is 9.57. The van der Waals surface area contributed by atoms with Crippen LogP contribution in [-0.2, 0) is 27.7 Å². The van der Waals surface area contributed by atoms with Gasteiger partial charge in [-0.15, -0.1) is 0 Å². The summed E-state index contributed by atoms with van der Waals surface area (Å²) in [5.74, 6) is -0.113. The van der Waals surface area contributed by atoms with Crippen molar-refractivity contribution in [3.63, 3.8) is 0 Å². The Labute approximate surface area is 174 Å². The molecule has 0 fully saturated rings. The molecular formula is C17H22N8O4S. The van der Waals surface area contributed by atoms with E-state index in [1.807, 2.05) is 6.92 Å². The van der Waals surface area contributed by atoms with Gasteiger partial charge in [0.1, 0.15) is 5.56 Å². The molecule has 0 saturated heterocycles. The molecule has 3 N–H and O–H groups in total. The van der Waals surface area contributed by atoms with E-state index >= 15 is 0 Å². The van der Waals surface area contributed by atoms with E-state index in [2.05, 4.69) is 20.5 Å². The Morgan fingerprint density at radius 3 is 2.57 bits per heavy atom. The fourth-order valence-corrected chi connectivity index (χ4v) is 3.26. The van der Waals surface area contributed by atoms with Gasteiger partial charge in [-0.25, -0.2) is 10.2 Å². The van der Waals surface area contributed by atoms with Gasteiger partial charge in [-0.3, -0.25) is 28.3 Å². The molecule has 0 atom stereocenters. The van der Waals surface area contributed by atoms with Crippen LogP contribution in [0.3, 0.4) is 0 Å². The summed E-state index contributed by atoms with van der Waals surface area (Å²) in [5, 5.41) is 14.4. The van der Waals surface area contributed by atoms with Gasteiger partial charge in [-0.1, -0.05) is 13.3 Å². The van der Waals surface area contributed by atoms with Crippen molar-refractivity contribution in [3.05, 3.63) is 41.5 Å². The lowest BCUT2D eigenvalue weighted by Gasteiger charge is -2.10.